The molecular weight excluding hydrogens is 460 g/mol. The fraction of sp³-hybridized carbons (Fsp3) is 0.538. The Hall–Kier alpha value is -2.78. The third-order valence-corrected chi connectivity index (χ3v) is 8.27. The van der Waals surface area contributed by atoms with E-state index in [1.54, 1.807) is 17.5 Å². The maximum Gasteiger partial charge on any atom is 0.273 e. The van der Waals surface area contributed by atoms with Gasteiger partial charge in [-0.05, 0) is 56.7 Å². The van der Waals surface area contributed by atoms with Crippen molar-refractivity contribution in [2.75, 3.05) is 32.7 Å². The zero-order valence-corrected chi connectivity index (χ0v) is 20.9. The van der Waals surface area contributed by atoms with Gasteiger partial charge in [0.05, 0.1) is 10.6 Å². The minimum Gasteiger partial charge on any atom is -0.352 e. The van der Waals surface area contributed by atoms with E-state index in [1.807, 2.05) is 39.2 Å². The zero-order valence-electron chi connectivity index (χ0n) is 20.1. The number of imidazole rings is 1. The Bertz CT molecular complexity index is 1140. The molecule has 0 radical (unpaired) electrons. The van der Waals surface area contributed by atoms with E-state index in [2.05, 4.69) is 15.6 Å². The monoisotopic (exact) mass is 494 g/mol. The third kappa shape index (κ3) is 5.90. The molecule has 2 fully saturated rings. The molecule has 2 aliphatic heterocycles. The van der Waals surface area contributed by atoms with Gasteiger partial charge in [-0.2, -0.15) is 0 Å². The van der Waals surface area contributed by atoms with Gasteiger partial charge in [-0.15, -0.1) is 11.3 Å². The predicted molar refractivity (Wildman–Crippen MR) is 137 cm³/mol. The van der Waals surface area contributed by atoms with Gasteiger partial charge in [-0.1, -0.05) is 12.8 Å². The van der Waals surface area contributed by atoms with Gasteiger partial charge in [-0.25, -0.2) is 9.97 Å². The van der Waals surface area contributed by atoms with Crippen LogP contribution < -0.4 is 10.6 Å². The average Bonchev–Trinajstić information content (AvgIpc) is 3.58. The Balaban J connectivity index is 0.990. The molecule has 5 heterocycles. The molecule has 2 N–H and O–H groups in total. The summed E-state index contributed by atoms with van der Waals surface area (Å²) in [6, 6.07) is 3.67. The molecular formula is C26H34N6O2S. The molecule has 1 unspecified atom stereocenters. The topological polar surface area (TPSA) is 91.6 Å². The first-order valence-corrected chi connectivity index (χ1v) is 13.7. The molecule has 0 bridgehead atoms. The number of carbonyl (C=O) groups is 2. The summed E-state index contributed by atoms with van der Waals surface area (Å²) in [5.74, 6) is 1.15. The lowest BCUT2D eigenvalue weighted by Gasteiger charge is -2.31. The fourth-order valence-corrected chi connectivity index (χ4v) is 6.07. The van der Waals surface area contributed by atoms with E-state index in [-0.39, 0.29) is 11.8 Å². The lowest BCUT2D eigenvalue weighted by Crippen LogP contribution is -2.38. The van der Waals surface area contributed by atoms with Gasteiger partial charge in [0.15, 0.2) is 0 Å². The number of amides is 2. The predicted octanol–water partition coefficient (Wildman–Crippen LogP) is 3.71. The molecule has 35 heavy (non-hydrogen) atoms. The molecule has 0 saturated carbocycles. The molecule has 3 aromatic rings. The SMILES string of the molecule is O=C(NCCCCC1CCN(C(=O)c2csc(C3CCCNC3)n2)CC1)c1ccc2nccn2c1. The van der Waals surface area contributed by atoms with Crippen LogP contribution in [0, 0.1) is 5.92 Å². The van der Waals surface area contributed by atoms with Gasteiger partial charge in [0.1, 0.15) is 11.3 Å². The van der Waals surface area contributed by atoms with Crippen LogP contribution in [0.5, 0.6) is 0 Å². The van der Waals surface area contributed by atoms with Crippen LogP contribution in [0.1, 0.15) is 76.7 Å². The van der Waals surface area contributed by atoms with Crippen molar-refractivity contribution >= 4 is 28.8 Å². The number of pyridine rings is 1. The first kappa shape index (κ1) is 23.9. The highest BCUT2D eigenvalue weighted by Gasteiger charge is 2.26. The number of unbranched alkanes of at least 4 members (excludes halogenated alkanes) is 1. The number of piperidine rings is 2. The van der Waals surface area contributed by atoms with Gasteiger partial charge < -0.3 is 19.9 Å². The number of nitrogens with zero attached hydrogens (tertiary/aromatic N) is 4. The van der Waals surface area contributed by atoms with Crippen LogP contribution in [-0.2, 0) is 0 Å². The van der Waals surface area contributed by atoms with Crippen LogP contribution in [0.2, 0.25) is 0 Å². The smallest absolute Gasteiger partial charge is 0.273 e. The van der Waals surface area contributed by atoms with Crippen LogP contribution in [-0.4, -0.2) is 63.8 Å². The van der Waals surface area contributed by atoms with Crippen molar-refractivity contribution in [1.82, 2.24) is 29.9 Å². The number of carbonyl (C=O) groups excluding carboxylic acids is 2. The number of thiazole rings is 1. The van der Waals surface area contributed by atoms with Gasteiger partial charge >= 0.3 is 0 Å². The van der Waals surface area contributed by atoms with Crippen molar-refractivity contribution in [3.63, 3.8) is 0 Å². The van der Waals surface area contributed by atoms with Crippen molar-refractivity contribution in [2.24, 2.45) is 5.92 Å². The van der Waals surface area contributed by atoms with Crippen molar-refractivity contribution in [3.8, 4) is 0 Å². The number of nitrogens with one attached hydrogen (secondary N) is 2. The van der Waals surface area contributed by atoms with Crippen molar-refractivity contribution in [3.05, 3.63) is 52.4 Å². The van der Waals surface area contributed by atoms with E-state index in [1.165, 1.54) is 6.42 Å². The molecule has 1 atom stereocenters. The van der Waals surface area contributed by atoms with Crippen LogP contribution in [0.4, 0.5) is 0 Å². The number of hydrogen-bond donors (Lipinski definition) is 2. The van der Waals surface area contributed by atoms with E-state index in [0.717, 1.165) is 75.4 Å². The normalized spacial score (nSPS) is 19.2. The summed E-state index contributed by atoms with van der Waals surface area (Å²) in [5.41, 5.74) is 2.11. The minimum absolute atomic E-state index is 0.0441. The average molecular weight is 495 g/mol. The molecule has 8 nitrogen and oxygen atoms in total. The molecule has 9 heteroatoms. The Morgan fingerprint density at radius 3 is 2.89 bits per heavy atom. The Morgan fingerprint density at radius 1 is 1.17 bits per heavy atom. The standard InChI is InChI=1S/C26H34N6O2S/c33-24(21-6-7-23-28-12-15-32(23)17-21)29-11-2-1-4-19-8-13-31(14-9-19)26(34)22-18-35-25(30-22)20-5-3-10-27-16-20/h6-7,12,15,17-20,27H,1-5,8-11,13-14,16H2,(H,29,33). The van der Waals surface area contributed by atoms with Crippen molar-refractivity contribution in [2.45, 2.75) is 50.9 Å². The highest BCUT2D eigenvalue weighted by molar-refractivity contribution is 7.09. The Kier molecular flexibility index (Phi) is 7.73. The Labute approximate surface area is 210 Å². The molecule has 0 spiro atoms. The number of likely N-dealkylation sites (tertiary alicyclic amines) is 1. The summed E-state index contributed by atoms with van der Waals surface area (Å²) in [7, 11) is 0. The van der Waals surface area contributed by atoms with Gasteiger partial charge in [-0.3, -0.25) is 9.59 Å². The maximum atomic E-state index is 12.9. The maximum absolute atomic E-state index is 12.9. The second-order valence-electron chi connectivity index (χ2n) is 9.71. The summed E-state index contributed by atoms with van der Waals surface area (Å²) in [6.45, 7) is 4.36. The summed E-state index contributed by atoms with van der Waals surface area (Å²) < 4.78 is 1.85. The number of rotatable bonds is 8. The van der Waals surface area contributed by atoms with Crippen LogP contribution in [0.3, 0.4) is 0 Å². The zero-order chi connectivity index (χ0) is 24.0. The first-order chi connectivity index (χ1) is 17.2. The van der Waals surface area contributed by atoms with Gasteiger partial charge in [0, 0.05) is 56.1 Å². The molecule has 186 valence electrons. The summed E-state index contributed by atoms with van der Waals surface area (Å²) >= 11 is 1.63. The molecule has 0 aliphatic carbocycles. The van der Waals surface area contributed by atoms with Gasteiger partial charge in [0.2, 0.25) is 0 Å². The third-order valence-electron chi connectivity index (χ3n) is 7.26. The molecule has 0 aromatic carbocycles. The second kappa shape index (κ2) is 11.3. The first-order valence-electron chi connectivity index (χ1n) is 12.8. The van der Waals surface area contributed by atoms with Crippen LogP contribution in [0.25, 0.3) is 5.65 Å². The lowest BCUT2D eigenvalue weighted by molar-refractivity contribution is 0.0680. The molecule has 2 amide bonds. The Morgan fingerprint density at radius 2 is 2.06 bits per heavy atom. The van der Waals surface area contributed by atoms with E-state index < -0.39 is 0 Å². The second-order valence-corrected chi connectivity index (χ2v) is 10.6. The molecule has 5 rings (SSSR count). The van der Waals surface area contributed by atoms with E-state index >= 15 is 0 Å². The van der Waals surface area contributed by atoms with E-state index in [4.69, 9.17) is 4.98 Å². The minimum atomic E-state index is -0.0441. The van der Waals surface area contributed by atoms with Crippen LogP contribution in [0.15, 0.2) is 36.1 Å². The number of aromatic nitrogens is 3. The van der Waals surface area contributed by atoms with E-state index in [9.17, 15) is 9.59 Å². The van der Waals surface area contributed by atoms with Gasteiger partial charge in [0.25, 0.3) is 11.8 Å². The lowest BCUT2D eigenvalue weighted by atomic mass is 9.91. The molecule has 2 aliphatic rings. The summed E-state index contributed by atoms with van der Waals surface area (Å²) in [6.07, 6.45) is 13.0. The van der Waals surface area contributed by atoms with Crippen LogP contribution >= 0.6 is 11.3 Å². The van der Waals surface area contributed by atoms with E-state index in [0.29, 0.717) is 29.6 Å². The number of hydrogen-bond acceptors (Lipinski definition) is 6. The molecule has 3 aromatic heterocycles. The highest BCUT2D eigenvalue weighted by Crippen LogP contribution is 2.28. The van der Waals surface area contributed by atoms with Crippen molar-refractivity contribution in [1.29, 1.82) is 0 Å². The molecule has 2 saturated heterocycles. The summed E-state index contributed by atoms with van der Waals surface area (Å²) in [5, 5.41) is 9.50. The summed E-state index contributed by atoms with van der Waals surface area (Å²) in [4.78, 5) is 36.2. The highest BCUT2D eigenvalue weighted by atomic mass is 32.1. The quantitative estimate of drug-likeness (QED) is 0.466. The largest absolute Gasteiger partial charge is 0.352 e. The number of fused-ring (bicyclic) bond motifs is 1. The fourth-order valence-electron chi connectivity index (χ4n) is 5.14. The van der Waals surface area contributed by atoms with Crippen molar-refractivity contribution < 1.29 is 9.59 Å².